The summed E-state index contributed by atoms with van der Waals surface area (Å²) in [7, 11) is 0. The highest BCUT2D eigenvalue weighted by molar-refractivity contribution is 8.01. The van der Waals surface area contributed by atoms with E-state index in [4.69, 9.17) is 4.74 Å². The van der Waals surface area contributed by atoms with Gasteiger partial charge in [0, 0.05) is 10.9 Å². The molecular weight excluding hydrogens is 222 g/mol. The monoisotopic (exact) mass is 239 g/mol. The predicted octanol–water partition coefficient (Wildman–Crippen LogP) is 2.66. The Hall–Kier alpha value is -1.03. The topological polar surface area (TPSA) is 39.2 Å². The fraction of sp³-hybridized carbons (Fsp3) is 0.500. The molecule has 88 valence electrons. The summed E-state index contributed by atoms with van der Waals surface area (Å²) in [5.41, 5.74) is 0.775. The highest BCUT2D eigenvalue weighted by Crippen LogP contribution is 2.22. The van der Waals surface area contributed by atoms with E-state index in [0.29, 0.717) is 5.75 Å². The van der Waals surface area contributed by atoms with Crippen LogP contribution in [0.25, 0.3) is 0 Å². The Balaban J connectivity index is 2.26. The molecule has 3 nitrogen and oxygen atoms in total. The molecule has 0 fully saturated rings. The van der Waals surface area contributed by atoms with Crippen molar-refractivity contribution in [1.82, 2.24) is 4.98 Å². The molecule has 0 atom stereocenters. The first-order valence-corrected chi connectivity index (χ1v) is 6.15. The Kier molecular flexibility index (Phi) is 4.80. The third kappa shape index (κ3) is 5.75. The summed E-state index contributed by atoms with van der Waals surface area (Å²) in [5.74, 6) is 0.196. The molecule has 0 aliphatic heterocycles. The number of aromatic nitrogens is 1. The lowest BCUT2D eigenvalue weighted by atomic mass is 10.3. The number of pyridine rings is 1. The van der Waals surface area contributed by atoms with Crippen LogP contribution in [0.3, 0.4) is 0 Å². The molecule has 1 rings (SSSR count). The molecule has 16 heavy (non-hydrogen) atoms. The second-order valence-electron chi connectivity index (χ2n) is 4.38. The van der Waals surface area contributed by atoms with Gasteiger partial charge in [-0.1, -0.05) is 26.8 Å². The molecule has 0 N–H and O–H groups in total. The van der Waals surface area contributed by atoms with Crippen molar-refractivity contribution < 1.29 is 9.53 Å². The number of ether oxygens (including phenoxy) is 1. The van der Waals surface area contributed by atoms with Gasteiger partial charge in [-0.05, 0) is 12.1 Å². The van der Waals surface area contributed by atoms with Crippen LogP contribution in [0.2, 0.25) is 0 Å². The molecular formula is C12H17NO2S. The van der Waals surface area contributed by atoms with Crippen LogP contribution in [0.1, 0.15) is 26.5 Å². The van der Waals surface area contributed by atoms with Crippen molar-refractivity contribution in [2.45, 2.75) is 32.1 Å². The lowest BCUT2D eigenvalue weighted by Crippen LogP contribution is -2.15. The SMILES string of the molecule is CC(C)(C)SCC(=O)OCc1ccccn1. The molecule has 0 aliphatic carbocycles. The number of carbonyl (C=O) groups excluding carboxylic acids is 1. The van der Waals surface area contributed by atoms with Crippen LogP contribution in [0.4, 0.5) is 0 Å². The zero-order valence-corrected chi connectivity index (χ0v) is 10.7. The van der Waals surface area contributed by atoms with E-state index in [1.54, 1.807) is 18.0 Å². The second-order valence-corrected chi connectivity index (χ2v) is 6.18. The number of thioether (sulfide) groups is 1. The van der Waals surface area contributed by atoms with Crippen LogP contribution in [0.5, 0.6) is 0 Å². The number of nitrogens with zero attached hydrogens (tertiary/aromatic N) is 1. The zero-order valence-electron chi connectivity index (χ0n) is 9.90. The number of rotatable bonds is 4. The van der Waals surface area contributed by atoms with Crippen molar-refractivity contribution in [3.8, 4) is 0 Å². The van der Waals surface area contributed by atoms with Crippen LogP contribution in [-0.2, 0) is 16.1 Å². The Morgan fingerprint density at radius 1 is 1.44 bits per heavy atom. The minimum Gasteiger partial charge on any atom is -0.459 e. The Morgan fingerprint density at radius 2 is 2.19 bits per heavy atom. The summed E-state index contributed by atoms with van der Waals surface area (Å²) < 4.78 is 5.19. The molecule has 0 aliphatic rings. The van der Waals surface area contributed by atoms with Gasteiger partial charge < -0.3 is 4.74 Å². The van der Waals surface area contributed by atoms with Crippen molar-refractivity contribution in [1.29, 1.82) is 0 Å². The smallest absolute Gasteiger partial charge is 0.316 e. The molecule has 0 saturated carbocycles. The fourth-order valence-corrected chi connectivity index (χ4v) is 1.59. The van der Waals surface area contributed by atoms with Gasteiger partial charge in [0.05, 0.1) is 11.4 Å². The first-order valence-electron chi connectivity index (χ1n) is 5.17. The number of esters is 1. The Bertz CT molecular complexity index is 333. The van der Waals surface area contributed by atoms with Crippen LogP contribution in [0, 0.1) is 0 Å². The highest BCUT2D eigenvalue weighted by Gasteiger charge is 2.14. The van der Waals surface area contributed by atoms with Crippen LogP contribution in [-0.4, -0.2) is 21.5 Å². The maximum absolute atomic E-state index is 11.4. The lowest BCUT2D eigenvalue weighted by molar-refractivity contribution is -0.141. The van der Waals surface area contributed by atoms with Crippen molar-refractivity contribution in [3.63, 3.8) is 0 Å². The average molecular weight is 239 g/mol. The summed E-state index contributed by atoms with van der Waals surface area (Å²) in [6.45, 7) is 6.47. The summed E-state index contributed by atoms with van der Waals surface area (Å²) >= 11 is 1.58. The maximum atomic E-state index is 11.4. The van der Waals surface area contributed by atoms with Crippen molar-refractivity contribution in [2.75, 3.05) is 5.75 Å². The van der Waals surface area contributed by atoms with Gasteiger partial charge in [-0.3, -0.25) is 9.78 Å². The van der Waals surface area contributed by atoms with Gasteiger partial charge in [0.2, 0.25) is 0 Å². The van der Waals surface area contributed by atoms with Gasteiger partial charge in [0.1, 0.15) is 6.61 Å². The maximum Gasteiger partial charge on any atom is 0.316 e. The van der Waals surface area contributed by atoms with E-state index < -0.39 is 0 Å². The van der Waals surface area contributed by atoms with Gasteiger partial charge in [-0.25, -0.2) is 0 Å². The van der Waals surface area contributed by atoms with E-state index in [9.17, 15) is 4.79 Å². The molecule has 1 heterocycles. The molecule has 0 radical (unpaired) electrons. The van der Waals surface area contributed by atoms with E-state index in [1.807, 2.05) is 18.2 Å². The van der Waals surface area contributed by atoms with E-state index in [-0.39, 0.29) is 17.3 Å². The van der Waals surface area contributed by atoms with Crippen molar-refractivity contribution >= 4 is 17.7 Å². The number of carbonyl (C=O) groups is 1. The molecule has 0 saturated heterocycles. The quantitative estimate of drug-likeness (QED) is 0.757. The number of hydrogen-bond donors (Lipinski definition) is 0. The highest BCUT2D eigenvalue weighted by atomic mass is 32.2. The lowest BCUT2D eigenvalue weighted by Gasteiger charge is -2.16. The first kappa shape index (κ1) is 13.0. The van der Waals surface area contributed by atoms with Crippen LogP contribution in [0.15, 0.2) is 24.4 Å². The summed E-state index contributed by atoms with van der Waals surface area (Å²) in [5, 5.41) is 0. The van der Waals surface area contributed by atoms with E-state index in [0.717, 1.165) is 5.69 Å². The molecule has 0 aromatic carbocycles. The predicted molar refractivity (Wildman–Crippen MR) is 66.2 cm³/mol. The molecule has 0 unspecified atom stereocenters. The Labute approximate surface area is 101 Å². The second kappa shape index (κ2) is 5.89. The molecule has 1 aromatic rings. The van der Waals surface area contributed by atoms with Gasteiger partial charge in [-0.2, -0.15) is 0 Å². The number of hydrogen-bond acceptors (Lipinski definition) is 4. The van der Waals surface area contributed by atoms with E-state index in [2.05, 4.69) is 25.8 Å². The van der Waals surface area contributed by atoms with Gasteiger partial charge in [0.25, 0.3) is 0 Å². The standard InChI is InChI=1S/C12H17NO2S/c1-12(2,3)16-9-11(14)15-8-10-6-4-5-7-13-10/h4-7H,8-9H2,1-3H3. The van der Waals surface area contributed by atoms with Crippen LogP contribution < -0.4 is 0 Å². The molecule has 1 aromatic heterocycles. The van der Waals surface area contributed by atoms with Gasteiger partial charge >= 0.3 is 5.97 Å². The largest absolute Gasteiger partial charge is 0.459 e. The molecule has 0 amide bonds. The van der Waals surface area contributed by atoms with Crippen molar-refractivity contribution in [3.05, 3.63) is 30.1 Å². The molecule has 4 heteroatoms. The minimum atomic E-state index is -0.189. The molecule has 0 bridgehead atoms. The van der Waals surface area contributed by atoms with Crippen molar-refractivity contribution in [2.24, 2.45) is 0 Å². The third-order valence-corrected chi connectivity index (χ3v) is 2.98. The summed E-state index contributed by atoms with van der Waals surface area (Å²) in [6.07, 6.45) is 1.69. The zero-order chi connectivity index (χ0) is 12.0. The van der Waals surface area contributed by atoms with Gasteiger partial charge in [-0.15, -0.1) is 11.8 Å². The average Bonchev–Trinajstić information content (AvgIpc) is 2.24. The fourth-order valence-electron chi connectivity index (χ4n) is 0.955. The minimum absolute atomic E-state index is 0.0873. The van der Waals surface area contributed by atoms with E-state index in [1.165, 1.54) is 0 Å². The first-order chi connectivity index (χ1) is 7.47. The normalized spacial score (nSPS) is 11.2. The summed E-state index contributed by atoms with van der Waals surface area (Å²) in [4.78, 5) is 15.5. The third-order valence-electron chi connectivity index (χ3n) is 1.73. The van der Waals surface area contributed by atoms with Crippen LogP contribution >= 0.6 is 11.8 Å². The summed E-state index contributed by atoms with van der Waals surface area (Å²) in [6, 6.07) is 5.55. The van der Waals surface area contributed by atoms with Gasteiger partial charge in [0.15, 0.2) is 0 Å². The van der Waals surface area contributed by atoms with E-state index >= 15 is 0 Å². The Morgan fingerprint density at radius 3 is 2.75 bits per heavy atom. The molecule has 0 spiro atoms.